The SMILES string of the molecule is CCCCCCCCc1ccc(CCC(NC(C)=O)(C(O)OC(C)=O)C(O)OC(C)=O)cc1. The molecule has 1 rings (SSSR count). The van der Waals surface area contributed by atoms with Crippen molar-refractivity contribution >= 4 is 17.8 Å². The smallest absolute Gasteiger partial charge is 0.305 e. The van der Waals surface area contributed by atoms with E-state index in [1.807, 2.05) is 24.3 Å². The van der Waals surface area contributed by atoms with Crippen LogP contribution in [-0.2, 0) is 36.7 Å². The lowest BCUT2D eigenvalue weighted by atomic mass is 9.88. The maximum absolute atomic E-state index is 11.9. The van der Waals surface area contributed by atoms with Crippen LogP contribution in [-0.4, -0.2) is 46.2 Å². The van der Waals surface area contributed by atoms with Crippen LogP contribution in [0.3, 0.4) is 0 Å². The first kappa shape index (κ1) is 28.6. The van der Waals surface area contributed by atoms with Crippen LogP contribution in [0.4, 0.5) is 0 Å². The minimum Gasteiger partial charge on any atom is -0.433 e. The van der Waals surface area contributed by atoms with Gasteiger partial charge < -0.3 is 25.0 Å². The van der Waals surface area contributed by atoms with E-state index in [-0.39, 0.29) is 6.42 Å². The number of carbonyl (C=O) groups excluding carboxylic acids is 3. The Morgan fingerprint density at radius 3 is 1.73 bits per heavy atom. The summed E-state index contributed by atoms with van der Waals surface area (Å²) >= 11 is 0. The zero-order chi connectivity index (χ0) is 24.9. The topological polar surface area (TPSA) is 122 Å². The molecule has 0 saturated heterocycles. The van der Waals surface area contributed by atoms with Crippen molar-refractivity contribution in [1.82, 2.24) is 5.32 Å². The number of unbranched alkanes of at least 4 members (excludes halogenated alkanes) is 5. The largest absolute Gasteiger partial charge is 0.433 e. The van der Waals surface area contributed by atoms with E-state index in [9.17, 15) is 24.6 Å². The Bertz CT molecular complexity index is 726. The number of aliphatic hydroxyl groups is 2. The van der Waals surface area contributed by atoms with Gasteiger partial charge in [-0.15, -0.1) is 0 Å². The lowest BCUT2D eigenvalue weighted by molar-refractivity contribution is -0.233. The maximum Gasteiger partial charge on any atom is 0.305 e. The van der Waals surface area contributed by atoms with E-state index in [1.54, 1.807) is 0 Å². The van der Waals surface area contributed by atoms with Crippen molar-refractivity contribution in [2.75, 3.05) is 0 Å². The van der Waals surface area contributed by atoms with Gasteiger partial charge in [-0.2, -0.15) is 0 Å². The summed E-state index contributed by atoms with van der Waals surface area (Å²) in [7, 11) is 0. The molecule has 2 unspecified atom stereocenters. The Kier molecular flexibility index (Phi) is 12.7. The van der Waals surface area contributed by atoms with Crippen LogP contribution in [0.5, 0.6) is 0 Å². The fourth-order valence-corrected chi connectivity index (χ4v) is 3.74. The molecule has 1 amide bonds. The summed E-state index contributed by atoms with van der Waals surface area (Å²) in [4.78, 5) is 34.7. The molecule has 0 aliphatic carbocycles. The number of hydrogen-bond donors (Lipinski definition) is 3. The number of ether oxygens (including phenoxy) is 2. The highest BCUT2D eigenvalue weighted by Gasteiger charge is 2.49. The van der Waals surface area contributed by atoms with E-state index in [0.717, 1.165) is 32.3 Å². The van der Waals surface area contributed by atoms with Gasteiger partial charge in [-0.25, -0.2) is 0 Å². The van der Waals surface area contributed by atoms with Gasteiger partial charge in [-0.3, -0.25) is 14.4 Å². The first-order valence-corrected chi connectivity index (χ1v) is 11.7. The van der Waals surface area contributed by atoms with Gasteiger partial charge in [-0.1, -0.05) is 63.3 Å². The first-order chi connectivity index (χ1) is 15.6. The molecule has 186 valence electrons. The second-order valence-electron chi connectivity index (χ2n) is 8.48. The molecule has 0 radical (unpaired) electrons. The van der Waals surface area contributed by atoms with Gasteiger partial charge in [0.1, 0.15) is 0 Å². The summed E-state index contributed by atoms with van der Waals surface area (Å²) in [5.41, 5.74) is 0.184. The molecule has 3 N–H and O–H groups in total. The average molecular weight is 466 g/mol. The Morgan fingerprint density at radius 2 is 1.27 bits per heavy atom. The number of aliphatic hydroxyl groups excluding tert-OH is 2. The molecule has 8 nitrogen and oxygen atoms in total. The predicted octanol–water partition coefficient (Wildman–Crippen LogP) is 3.16. The molecule has 0 saturated carbocycles. The Morgan fingerprint density at radius 1 is 0.818 bits per heavy atom. The Hall–Kier alpha value is -2.45. The average Bonchev–Trinajstić information content (AvgIpc) is 2.73. The van der Waals surface area contributed by atoms with Crippen molar-refractivity contribution in [3.05, 3.63) is 35.4 Å². The third-order valence-corrected chi connectivity index (χ3v) is 5.51. The number of esters is 2. The van der Waals surface area contributed by atoms with Crippen molar-refractivity contribution in [3.63, 3.8) is 0 Å². The summed E-state index contributed by atoms with van der Waals surface area (Å²) in [5.74, 6) is -2.22. The molecule has 0 bridgehead atoms. The van der Waals surface area contributed by atoms with Gasteiger partial charge in [0.25, 0.3) is 0 Å². The highest BCUT2D eigenvalue weighted by Crippen LogP contribution is 2.26. The van der Waals surface area contributed by atoms with Crippen LogP contribution in [0, 0.1) is 0 Å². The molecule has 8 heteroatoms. The minimum atomic E-state index is -1.93. The number of carbonyl (C=O) groups is 3. The number of rotatable bonds is 15. The second-order valence-corrected chi connectivity index (χ2v) is 8.48. The second kappa shape index (κ2) is 14.6. The predicted molar refractivity (Wildman–Crippen MR) is 124 cm³/mol. The molecular weight excluding hydrogens is 426 g/mol. The number of benzene rings is 1. The van der Waals surface area contributed by atoms with Gasteiger partial charge in [-0.05, 0) is 36.8 Å². The van der Waals surface area contributed by atoms with Crippen molar-refractivity contribution in [2.45, 2.75) is 104 Å². The lowest BCUT2D eigenvalue weighted by Crippen LogP contribution is -2.65. The molecule has 0 fully saturated rings. The van der Waals surface area contributed by atoms with E-state index < -0.39 is 36.0 Å². The van der Waals surface area contributed by atoms with Gasteiger partial charge in [0.05, 0.1) is 0 Å². The molecule has 0 spiro atoms. The van der Waals surface area contributed by atoms with E-state index in [1.165, 1.54) is 44.6 Å². The fourth-order valence-electron chi connectivity index (χ4n) is 3.74. The lowest BCUT2D eigenvalue weighted by Gasteiger charge is -2.40. The minimum absolute atomic E-state index is 0.0494. The van der Waals surface area contributed by atoms with Crippen molar-refractivity contribution < 1.29 is 34.1 Å². The number of aryl methyl sites for hydroxylation is 2. The molecule has 0 heterocycles. The quantitative estimate of drug-likeness (QED) is 0.207. The highest BCUT2D eigenvalue weighted by atomic mass is 16.7. The van der Waals surface area contributed by atoms with Gasteiger partial charge in [0.15, 0.2) is 5.54 Å². The summed E-state index contributed by atoms with van der Waals surface area (Å²) < 4.78 is 9.71. The zero-order valence-electron chi connectivity index (χ0n) is 20.3. The number of amides is 1. The first-order valence-electron chi connectivity index (χ1n) is 11.7. The number of nitrogens with one attached hydrogen (secondary N) is 1. The van der Waals surface area contributed by atoms with Crippen LogP contribution >= 0.6 is 0 Å². The standard InChI is InChI=1S/C25H39NO7/c1-5-6-7-8-9-10-11-21-12-14-22(15-13-21)16-17-25(26-18(2)27,23(30)32-19(3)28)24(31)33-20(4)29/h12-15,23-24,30-31H,5-11,16-17H2,1-4H3,(H,26,27). The molecule has 1 aromatic carbocycles. The summed E-state index contributed by atoms with van der Waals surface area (Å²) in [6, 6.07) is 7.96. The van der Waals surface area contributed by atoms with Gasteiger partial charge >= 0.3 is 11.9 Å². The van der Waals surface area contributed by atoms with Crippen molar-refractivity contribution in [2.24, 2.45) is 0 Å². The molecule has 2 atom stereocenters. The van der Waals surface area contributed by atoms with E-state index in [2.05, 4.69) is 12.2 Å². The monoisotopic (exact) mass is 465 g/mol. The number of hydrogen-bond acceptors (Lipinski definition) is 7. The van der Waals surface area contributed by atoms with Crippen LogP contribution in [0.2, 0.25) is 0 Å². The zero-order valence-corrected chi connectivity index (χ0v) is 20.3. The third-order valence-electron chi connectivity index (χ3n) is 5.51. The highest BCUT2D eigenvalue weighted by molar-refractivity contribution is 5.74. The summed E-state index contributed by atoms with van der Waals surface area (Å²) in [5, 5.41) is 23.5. The van der Waals surface area contributed by atoms with Gasteiger partial charge in [0.2, 0.25) is 18.5 Å². The Balaban J connectivity index is 2.89. The van der Waals surface area contributed by atoms with Gasteiger partial charge in [0, 0.05) is 20.8 Å². The van der Waals surface area contributed by atoms with E-state index in [4.69, 9.17) is 9.47 Å². The summed E-state index contributed by atoms with van der Waals surface area (Å²) in [6.07, 6.45) is 4.81. The van der Waals surface area contributed by atoms with Crippen molar-refractivity contribution in [1.29, 1.82) is 0 Å². The normalized spacial score (nSPS) is 14.6. The van der Waals surface area contributed by atoms with E-state index in [0.29, 0.717) is 6.42 Å². The molecular formula is C25H39NO7. The van der Waals surface area contributed by atoms with Crippen LogP contribution in [0.1, 0.15) is 83.8 Å². The molecule has 0 aliphatic heterocycles. The molecule has 33 heavy (non-hydrogen) atoms. The Labute approximate surface area is 196 Å². The third kappa shape index (κ3) is 10.4. The van der Waals surface area contributed by atoms with Crippen LogP contribution in [0.15, 0.2) is 24.3 Å². The van der Waals surface area contributed by atoms with Crippen LogP contribution in [0.25, 0.3) is 0 Å². The van der Waals surface area contributed by atoms with Crippen LogP contribution < -0.4 is 5.32 Å². The van der Waals surface area contributed by atoms with E-state index >= 15 is 0 Å². The maximum atomic E-state index is 11.9. The van der Waals surface area contributed by atoms with Crippen molar-refractivity contribution in [3.8, 4) is 0 Å². The summed E-state index contributed by atoms with van der Waals surface area (Å²) in [6.45, 7) is 5.56. The molecule has 0 aliphatic rings. The molecule has 0 aromatic heterocycles. The fraction of sp³-hybridized carbons (Fsp3) is 0.640. The molecule has 1 aromatic rings.